The van der Waals surface area contributed by atoms with Crippen molar-refractivity contribution in [2.24, 2.45) is 5.92 Å². The number of rotatable bonds is 7. The largest absolute Gasteiger partial charge is 0.481 e. The van der Waals surface area contributed by atoms with Crippen LogP contribution in [0.4, 0.5) is 5.69 Å². The van der Waals surface area contributed by atoms with Crippen molar-refractivity contribution in [1.29, 1.82) is 0 Å². The number of carbonyl (C=O) groups excluding carboxylic acids is 2. The summed E-state index contributed by atoms with van der Waals surface area (Å²) in [5.41, 5.74) is 2.83. The van der Waals surface area contributed by atoms with Gasteiger partial charge < -0.3 is 15.4 Å². The van der Waals surface area contributed by atoms with Gasteiger partial charge in [-0.15, -0.1) is 0 Å². The Morgan fingerprint density at radius 2 is 1.54 bits per heavy atom. The lowest BCUT2D eigenvalue weighted by molar-refractivity contribution is -0.127. The highest BCUT2D eigenvalue weighted by Crippen LogP contribution is 2.14. The third kappa shape index (κ3) is 5.92. The molecule has 26 heavy (non-hydrogen) atoms. The third-order valence-corrected chi connectivity index (χ3v) is 3.92. The van der Waals surface area contributed by atoms with Gasteiger partial charge >= 0.3 is 0 Å². The van der Waals surface area contributed by atoms with E-state index < -0.39 is 6.10 Å². The molecule has 2 N–H and O–H groups in total. The fourth-order valence-electron chi connectivity index (χ4n) is 2.20. The molecule has 0 fully saturated rings. The second kappa shape index (κ2) is 9.04. The minimum absolute atomic E-state index is 0.0202. The summed E-state index contributed by atoms with van der Waals surface area (Å²) < 4.78 is 5.65. The molecule has 0 aliphatic rings. The molecule has 0 radical (unpaired) electrons. The highest BCUT2D eigenvalue weighted by molar-refractivity contribution is 5.92. The highest BCUT2D eigenvalue weighted by atomic mass is 16.5. The summed E-state index contributed by atoms with van der Waals surface area (Å²) in [6.07, 6.45) is -0.581. The number of hydrogen-bond donors (Lipinski definition) is 2. The van der Waals surface area contributed by atoms with Crippen LogP contribution in [0, 0.1) is 12.8 Å². The van der Waals surface area contributed by atoms with Crippen LogP contribution in [0.25, 0.3) is 0 Å². The molecular formula is C21H26N2O3. The van der Waals surface area contributed by atoms with E-state index in [0.29, 0.717) is 12.3 Å². The van der Waals surface area contributed by atoms with Crippen LogP contribution >= 0.6 is 0 Å². The Balaban J connectivity index is 1.82. The van der Waals surface area contributed by atoms with Gasteiger partial charge in [0.2, 0.25) is 5.91 Å². The van der Waals surface area contributed by atoms with Crippen molar-refractivity contribution >= 4 is 17.5 Å². The van der Waals surface area contributed by atoms with Crippen LogP contribution in [0.15, 0.2) is 48.5 Å². The summed E-state index contributed by atoms with van der Waals surface area (Å²) in [6, 6.07) is 15.0. The fourth-order valence-corrected chi connectivity index (χ4v) is 2.20. The molecular weight excluding hydrogens is 328 g/mol. The Kier molecular flexibility index (Phi) is 6.78. The lowest BCUT2D eigenvalue weighted by Crippen LogP contribution is -2.35. The molecule has 0 aromatic heterocycles. The molecule has 0 spiro atoms. The zero-order chi connectivity index (χ0) is 19.1. The molecule has 0 saturated carbocycles. The number of aryl methyl sites for hydroxylation is 1. The molecule has 1 atom stereocenters. The van der Waals surface area contributed by atoms with Gasteiger partial charge in [0.15, 0.2) is 6.10 Å². The fraction of sp³-hybridized carbons (Fsp3) is 0.333. The maximum atomic E-state index is 12.2. The first-order chi connectivity index (χ1) is 12.3. The van der Waals surface area contributed by atoms with E-state index in [-0.39, 0.29) is 17.7 Å². The summed E-state index contributed by atoms with van der Waals surface area (Å²) in [4.78, 5) is 23.9. The second-order valence-corrected chi connectivity index (χ2v) is 6.63. The summed E-state index contributed by atoms with van der Waals surface area (Å²) in [5.74, 6) is 0.406. The number of hydrogen-bond acceptors (Lipinski definition) is 3. The van der Waals surface area contributed by atoms with Gasteiger partial charge in [0, 0.05) is 18.2 Å². The van der Waals surface area contributed by atoms with E-state index >= 15 is 0 Å². The van der Waals surface area contributed by atoms with Crippen molar-refractivity contribution in [2.75, 3.05) is 5.32 Å². The molecule has 0 heterocycles. The molecule has 2 aromatic rings. The predicted molar refractivity (Wildman–Crippen MR) is 103 cm³/mol. The van der Waals surface area contributed by atoms with Crippen LogP contribution in [-0.2, 0) is 16.1 Å². The van der Waals surface area contributed by atoms with Crippen molar-refractivity contribution in [3.8, 4) is 5.75 Å². The normalized spacial score (nSPS) is 11.7. The van der Waals surface area contributed by atoms with Crippen molar-refractivity contribution in [2.45, 2.75) is 40.3 Å². The molecule has 0 bridgehead atoms. The molecule has 2 amide bonds. The van der Waals surface area contributed by atoms with Gasteiger partial charge in [-0.25, -0.2) is 0 Å². The molecule has 0 aliphatic carbocycles. The van der Waals surface area contributed by atoms with Crippen molar-refractivity contribution in [1.82, 2.24) is 5.32 Å². The van der Waals surface area contributed by atoms with Gasteiger partial charge in [-0.1, -0.05) is 43.7 Å². The van der Waals surface area contributed by atoms with Crippen LogP contribution in [0.3, 0.4) is 0 Å². The SMILES string of the molecule is Cc1ccc(OC(C)C(=O)NCc2ccc(NC(=O)C(C)C)cc2)cc1. The van der Waals surface area contributed by atoms with Crippen LogP contribution in [0.2, 0.25) is 0 Å². The molecule has 2 rings (SSSR count). The molecule has 0 aliphatic heterocycles. The highest BCUT2D eigenvalue weighted by Gasteiger charge is 2.14. The van der Waals surface area contributed by atoms with E-state index in [1.165, 1.54) is 0 Å². The van der Waals surface area contributed by atoms with Crippen molar-refractivity contribution in [3.63, 3.8) is 0 Å². The quantitative estimate of drug-likeness (QED) is 0.797. The number of benzene rings is 2. The van der Waals surface area contributed by atoms with Crippen LogP contribution in [-0.4, -0.2) is 17.9 Å². The smallest absolute Gasteiger partial charge is 0.261 e. The van der Waals surface area contributed by atoms with Gasteiger partial charge in [-0.3, -0.25) is 9.59 Å². The van der Waals surface area contributed by atoms with Gasteiger partial charge in [-0.2, -0.15) is 0 Å². The zero-order valence-corrected chi connectivity index (χ0v) is 15.7. The molecule has 2 aromatic carbocycles. The van der Waals surface area contributed by atoms with E-state index in [2.05, 4.69) is 10.6 Å². The number of anilines is 1. The molecule has 5 nitrogen and oxygen atoms in total. The maximum absolute atomic E-state index is 12.2. The molecule has 1 unspecified atom stereocenters. The average molecular weight is 354 g/mol. The predicted octanol–water partition coefficient (Wildman–Crippen LogP) is 3.67. The van der Waals surface area contributed by atoms with E-state index in [1.54, 1.807) is 6.92 Å². The van der Waals surface area contributed by atoms with E-state index in [9.17, 15) is 9.59 Å². The van der Waals surface area contributed by atoms with Crippen LogP contribution in [0.5, 0.6) is 5.75 Å². The number of nitrogens with one attached hydrogen (secondary N) is 2. The summed E-state index contributed by atoms with van der Waals surface area (Å²) in [5, 5.41) is 5.69. The van der Waals surface area contributed by atoms with Gasteiger partial charge in [0.25, 0.3) is 5.91 Å². The Bertz CT molecular complexity index is 737. The Hall–Kier alpha value is -2.82. The lowest BCUT2D eigenvalue weighted by atomic mass is 10.1. The first-order valence-corrected chi connectivity index (χ1v) is 8.76. The topological polar surface area (TPSA) is 67.4 Å². The molecule has 138 valence electrons. The maximum Gasteiger partial charge on any atom is 0.261 e. The minimum Gasteiger partial charge on any atom is -0.481 e. The van der Waals surface area contributed by atoms with E-state index in [0.717, 1.165) is 16.8 Å². The Morgan fingerprint density at radius 1 is 0.923 bits per heavy atom. The minimum atomic E-state index is -0.581. The van der Waals surface area contributed by atoms with E-state index in [1.807, 2.05) is 69.3 Å². The average Bonchev–Trinajstić information content (AvgIpc) is 2.62. The summed E-state index contributed by atoms with van der Waals surface area (Å²) >= 11 is 0. The monoisotopic (exact) mass is 354 g/mol. The van der Waals surface area contributed by atoms with E-state index in [4.69, 9.17) is 4.74 Å². The standard InChI is InChI=1S/C21H26N2O3/c1-14(2)20(24)23-18-9-7-17(8-10-18)13-22-21(25)16(4)26-19-11-5-15(3)6-12-19/h5-12,14,16H,13H2,1-4H3,(H,22,25)(H,23,24). The first kappa shape index (κ1) is 19.5. The Labute approximate surface area is 154 Å². The van der Waals surface area contributed by atoms with Gasteiger partial charge in [0.1, 0.15) is 5.75 Å². The van der Waals surface area contributed by atoms with Crippen molar-refractivity contribution in [3.05, 3.63) is 59.7 Å². The number of carbonyl (C=O) groups is 2. The summed E-state index contributed by atoms with van der Waals surface area (Å²) in [7, 11) is 0. The van der Waals surface area contributed by atoms with Crippen LogP contribution in [0.1, 0.15) is 31.9 Å². The lowest BCUT2D eigenvalue weighted by Gasteiger charge is -2.15. The molecule has 0 saturated heterocycles. The zero-order valence-electron chi connectivity index (χ0n) is 15.7. The number of ether oxygens (including phenoxy) is 1. The first-order valence-electron chi connectivity index (χ1n) is 8.76. The second-order valence-electron chi connectivity index (χ2n) is 6.63. The third-order valence-electron chi connectivity index (χ3n) is 3.92. The number of amides is 2. The molecule has 5 heteroatoms. The van der Waals surface area contributed by atoms with Gasteiger partial charge in [0.05, 0.1) is 0 Å². The van der Waals surface area contributed by atoms with Crippen LogP contribution < -0.4 is 15.4 Å². The summed E-state index contributed by atoms with van der Waals surface area (Å²) in [6.45, 7) is 7.82. The Morgan fingerprint density at radius 3 is 2.12 bits per heavy atom. The van der Waals surface area contributed by atoms with Crippen molar-refractivity contribution < 1.29 is 14.3 Å². The van der Waals surface area contributed by atoms with Gasteiger partial charge in [-0.05, 0) is 43.7 Å².